The molecular weight excluding hydrogens is 350 g/mol. The van der Waals surface area contributed by atoms with Crippen LogP contribution in [-0.4, -0.2) is 14.8 Å². The lowest BCUT2D eigenvalue weighted by atomic mass is 9.86. The summed E-state index contributed by atoms with van der Waals surface area (Å²) in [6, 6.07) is 15.1. The van der Waals surface area contributed by atoms with E-state index in [0.29, 0.717) is 17.8 Å². The van der Waals surface area contributed by atoms with Crippen LogP contribution >= 0.6 is 0 Å². The first kappa shape index (κ1) is 19.5. The molecule has 5 nitrogen and oxygen atoms in total. The van der Waals surface area contributed by atoms with Gasteiger partial charge in [0.2, 0.25) is 0 Å². The van der Waals surface area contributed by atoms with E-state index < -0.39 is 0 Å². The van der Waals surface area contributed by atoms with Crippen molar-refractivity contribution in [1.29, 1.82) is 0 Å². The number of aryl methyl sites for hydroxylation is 1. The quantitative estimate of drug-likeness (QED) is 0.756. The molecule has 5 heteroatoms. The zero-order valence-electron chi connectivity index (χ0n) is 16.7. The molecule has 0 spiro atoms. The number of H-pyrrole nitrogens is 1. The van der Waals surface area contributed by atoms with Crippen molar-refractivity contribution in [3.8, 4) is 0 Å². The third-order valence-electron chi connectivity index (χ3n) is 4.71. The number of benzene rings is 1. The van der Waals surface area contributed by atoms with Gasteiger partial charge in [0.1, 0.15) is 0 Å². The molecule has 3 aromatic rings. The van der Waals surface area contributed by atoms with Crippen LogP contribution in [0.4, 0.5) is 0 Å². The second-order valence-electron chi connectivity index (χ2n) is 7.87. The van der Waals surface area contributed by atoms with Gasteiger partial charge in [0.05, 0.1) is 6.54 Å². The number of aromatic nitrogens is 3. The Hall–Kier alpha value is -3.21. The Labute approximate surface area is 164 Å². The fourth-order valence-electron chi connectivity index (χ4n) is 2.94. The van der Waals surface area contributed by atoms with Crippen LogP contribution in [0.3, 0.4) is 0 Å². The van der Waals surface area contributed by atoms with Crippen molar-refractivity contribution in [3.05, 3.63) is 104 Å². The number of nitrogens with one attached hydrogen (secondary N) is 1. The maximum absolute atomic E-state index is 12.1. The molecule has 1 aromatic carbocycles. The number of allylic oxidation sites excluding steroid dienone is 1. The minimum absolute atomic E-state index is 0.0574. The first-order chi connectivity index (χ1) is 13.3. The van der Waals surface area contributed by atoms with E-state index in [4.69, 9.17) is 0 Å². The van der Waals surface area contributed by atoms with Gasteiger partial charge >= 0.3 is 0 Å². The molecule has 0 fully saturated rings. The van der Waals surface area contributed by atoms with E-state index in [2.05, 4.69) is 43.0 Å². The van der Waals surface area contributed by atoms with Gasteiger partial charge in [-0.1, -0.05) is 57.2 Å². The second-order valence-corrected chi connectivity index (χ2v) is 7.87. The topological polar surface area (TPSA) is 67.8 Å². The molecular formula is C23H25N3O2. The van der Waals surface area contributed by atoms with E-state index in [0.717, 1.165) is 11.1 Å². The summed E-state index contributed by atoms with van der Waals surface area (Å²) >= 11 is 0. The van der Waals surface area contributed by atoms with Crippen LogP contribution in [0.25, 0.3) is 5.57 Å². The summed E-state index contributed by atoms with van der Waals surface area (Å²) in [6.07, 6.45) is 3.50. The summed E-state index contributed by atoms with van der Waals surface area (Å²) in [7, 11) is 0. The number of nitrogens with zero attached hydrogens (tertiary/aromatic N) is 2. The van der Waals surface area contributed by atoms with Crippen molar-refractivity contribution in [2.24, 2.45) is 0 Å². The Bertz CT molecular complexity index is 1110. The molecule has 0 aliphatic heterocycles. The highest BCUT2D eigenvalue weighted by atomic mass is 16.1. The van der Waals surface area contributed by atoms with Crippen molar-refractivity contribution >= 4 is 5.57 Å². The Morgan fingerprint density at radius 1 is 1.07 bits per heavy atom. The average Bonchev–Trinajstić information content (AvgIpc) is 2.66. The molecule has 2 aromatic heterocycles. The lowest BCUT2D eigenvalue weighted by molar-refractivity contribution is 0.590. The minimum atomic E-state index is -0.168. The molecule has 144 valence electrons. The third-order valence-corrected chi connectivity index (χ3v) is 4.71. The van der Waals surface area contributed by atoms with Crippen LogP contribution in [0.2, 0.25) is 0 Å². The zero-order valence-corrected chi connectivity index (χ0v) is 16.7. The van der Waals surface area contributed by atoms with Crippen LogP contribution in [-0.2, 0) is 12.0 Å². The number of aromatic amines is 1. The van der Waals surface area contributed by atoms with Gasteiger partial charge in [-0.05, 0) is 35.6 Å². The molecule has 0 bridgehead atoms. The van der Waals surface area contributed by atoms with Gasteiger partial charge in [0.15, 0.2) is 0 Å². The Morgan fingerprint density at radius 3 is 2.39 bits per heavy atom. The highest BCUT2D eigenvalue weighted by molar-refractivity contribution is 5.78. The van der Waals surface area contributed by atoms with Crippen LogP contribution < -0.4 is 11.1 Å². The molecule has 0 aliphatic rings. The third kappa shape index (κ3) is 4.36. The van der Waals surface area contributed by atoms with Crippen molar-refractivity contribution in [1.82, 2.24) is 14.8 Å². The second kappa shape index (κ2) is 7.80. The number of rotatable bonds is 4. The Balaban J connectivity index is 2.07. The molecule has 0 radical (unpaired) electrons. The fraction of sp³-hybridized carbons (Fsp3) is 0.261. The van der Waals surface area contributed by atoms with Crippen molar-refractivity contribution < 1.29 is 0 Å². The average molecular weight is 375 g/mol. The van der Waals surface area contributed by atoms with Crippen LogP contribution in [0, 0.1) is 6.92 Å². The minimum Gasteiger partial charge on any atom is -0.322 e. The summed E-state index contributed by atoms with van der Waals surface area (Å²) < 4.78 is 1.38. The van der Waals surface area contributed by atoms with Gasteiger partial charge < -0.3 is 4.98 Å². The van der Waals surface area contributed by atoms with Crippen molar-refractivity contribution in [2.75, 3.05) is 0 Å². The molecule has 0 aliphatic carbocycles. The molecule has 0 atom stereocenters. The van der Waals surface area contributed by atoms with Gasteiger partial charge in [-0.2, -0.15) is 5.10 Å². The van der Waals surface area contributed by atoms with Gasteiger partial charge in [0, 0.05) is 29.1 Å². The highest BCUT2D eigenvalue weighted by Crippen LogP contribution is 2.26. The van der Waals surface area contributed by atoms with E-state index >= 15 is 0 Å². The van der Waals surface area contributed by atoms with Crippen molar-refractivity contribution in [3.63, 3.8) is 0 Å². The number of hydrogen-bond donors (Lipinski definition) is 1. The van der Waals surface area contributed by atoms with Crippen LogP contribution in [0.1, 0.15) is 43.2 Å². The molecule has 1 N–H and O–H groups in total. The van der Waals surface area contributed by atoms with E-state index in [1.54, 1.807) is 25.3 Å². The SMILES string of the molecule is Cc1ccc(/C(=C/Cn2ncccc2=O)c2ccc(C(C)(C)C)cc2)[nH]c1=O. The van der Waals surface area contributed by atoms with Gasteiger partial charge in [-0.25, -0.2) is 4.68 Å². The smallest absolute Gasteiger partial charge is 0.267 e. The van der Waals surface area contributed by atoms with Gasteiger partial charge in [-0.3, -0.25) is 9.59 Å². The largest absolute Gasteiger partial charge is 0.322 e. The van der Waals surface area contributed by atoms with Crippen LogP contribution in [0.15, 0.2) is 70.4 Å². The van der Waals surface area contributed by atoms with E-state index in [9.17, 15) is 9.59 Å². The lowest BCUT2D eigenvalue weighted by Crippen LogP contribution is -2.20. The van der Waals surface area contributed by atoms with E-state index in [-0.39, 0.29) is 16.5 Å². The molecule has 28 heavy (non-hydrogen) atoms. The first-order valence-electron chi connectivity index (χ1n) is 9.29. The zero-order chi connectivity index (χ0) is 20.3. The molecule has 2 heterocycles. The normalized spacial score (nSPS) is 12.2. The fourth-order valence-corrected chi connectivity index (χ4v) is 2.94. The Kier molecular flexibility index (Phi) is 5.45. The summed E-state index contributed by atoms with van der Waals surface area (Å²) in [6.45, 7) is 8.60. The van der Waals surface area contributed by atoms with Crippen molar-refractivity contribution in [2.45, 2.75) is 39.7 Å². The van der Waals surface area contributed by atoms with E-state index in [1.807, 2.05) is 24.3 Å². The maximum Gasteiger partial charge on any atom is 0.267 e. The first-order valence-corrected chi connectivity index (χ1v) is 9.29. The molecule has 0 unspecified atom stereocenters. The predicted octanol–water partition coefficient (Wildman–Crippen LogP) is 3.67. The number of hydrogen-bond acceptors (Lipinski definition) is 3. The number of pyridine rings is 1. The summed E-state index contributed by atoms with van der Waals surface area (Å²) in [5.74, 6) is 0. The maximum atomic E-state index is 12.1. The molecule has 0 saturated carbocycles. The molecule has 0 saturated heterocycles. The molecule has 0 amide bonds. The monoisotopic (exact) mass is 375 g/mol. The lowest BCUT2D eigenvalue weighted by Gasteiger charge is -2.19. The standard InChI is InChI=1S/C23H25N3O2/c1-16-7-12-20(25-22(16)28)19(13-15-26-21(27)6-5-14-24-26)17-8-10-18(11-9-17)23(2,3)4/h5-14H,15H2,1-4H3,(H,25,28)/b19-13+. The summed E-state index contributed by atoms with van der Waals surface area (Å²) in [5, 5.41) is 4.10. The summed E-state index contributed by atoms with van der Waals surface area (Å²) in [4.78, 5) is 27.0. The highest BCUT2D eigenvalue weighted by Gasteiger charge is 2.14. The van der Waals surface area contributed by atoms with E-state index in [1.165, 1.54) is 16.3 Å². The van der Waals surface area contributed by atoms with Crippen LogP contribution in [0.5, 0.6) is 0 Å². The summed E-state index contributed by atoms with van der Waals surface area (Å²) in [5.41, 5.74) is 4.20. The Morgan fingerprint density at radius 2 is 1.79 bits per heavy atom. The van der Waals surface area contributed by atoms with Gasteiger partial charge in [0.25, 0.3) is 11.1 Å². The van der Waals surface area contributed by atoms with Gasteiger partial charge in [-0.15, -0.1) is 0 Å². The molecule has 3 rings (SSSR count). The predicted molar refractivity (Wildman–Crippen MR) is 113 cm³/mol.